The number of esters is 2. The molecule has 1 heterocycles. The highest BCUT2D eigenvalue weighted by molar-refractivity contribution is 6.14. The van der Waals surface area contributed by atoms with Crippen LogP contribution in [0.25, 0.3) is 0 Å². The van der Waals surface area contributed by atoms with Gasteiger partial charge in [0.15, 0.2) is 0 Å². The third-order valence-electron chi connectivity index (χ3n) is 1.55. The number of fused-ring (bicyclic) bond motifs is 1. The molecule has 0 radical (unpaired) electrons. The summed E-state index contributed by atoms with van der Waals surface area (Å²) in [6.45, 7) is -0.250. The largest absolute Gasteiger partial charge is 0.483 e. The van der Waals surface area contributed by atoms with Gasteiger partial charge in [0.25, 0.3) is 6.47 Å². The van der Waals surface area contributed by atoms with Crippen LogP contribution in [-0.2, 0) is 9.53 Å². The Morgan fingerprint density at radius 2 is 1.43 bits per heavy atom. The summed E-state index contributed by atoms with van der Waals surface area (Å²) in [5.41, 5.74) is 0.718. The maximum Gasteiger partial charge on any atom is 0.346 e. The van der Waals surface area contributed by atoms with Gasteiger partial charge in [-0.2, -0.15) is 0 Å². The zero-order valence-corrected chi connectivity index (χ0v) is 6.97. The molecule has 0 saturated heterocycles. The molecule has 1 N–H and O–H groups in total. The van der Waals surface area contributed by atoms with Crippen molar-refractivity contribution in [2.75, 3.05) is 0 Å². The summed E-state index contributed by atoms with van der Waals surface area (Å²) >= 11 is 0. The van der Waals surface area contributed by atoms with Crippen LogP contribution in [0.2, 0.25) is 0 Å². The Balaban J connectivity index is 0.000000293. The lowest BCUT2D eigenvalue weighted by molar-refractivity contribution is -0.122. The monoisotopic (exact) mass is 194 g/mol. The molecule has 1 aromatic carbocycles. The quantitative estimate of drug-likeness (QED) is 0.373. The summed E-state index contributed by atoms with van der Waals surface area (Å²) in [5.74, 6) is -1.10. The van der Waals surface area contributed by atoms with Gasteiger partial charge in [0.1, 0.15) is 0 Å². The van der Waals surface area contributed by atoms with Gasteiger partial charge in [0, 0.05) is 0 Å². The van der Waals surface area contributed by atoms with Gasteiger partial charge in [-0.1, -0.05) is 12.1 Å². The second-order valence-corrected chi connectivity index (χ2v) is 2.33. The smallest absolute Gasteiger partial charge is 0.346 e. The maximum absolute atomic E-state index is 10.8. The van der Waals surface area contributed by atoms with E-state index in [4.69, 9.17) is 9.90 Å². The second-order valence-electron chi connectivity index (χ2n) is 2.33. The van der Waals surface area contributed by atoms with E-state index in [1.807, 2.05) is 0 Å². The first kappa shape index (κ1) is 9.91. The van der Waals surface area contributed by atoms with Crippen molar-refractivity contribution in [1.29, 1.82) is 0 Å². The fourth-order valence-corrected chi connectivity index (χ4v) is 1.03. The fraction of sp³-hybridized carbons (Fsp3) is 0. The predicted octanol–water partition coefficient (Wildman–Crippen LogP) is 0.698. The zero-order chi connectivity index (χ0) is 10.6. The molecule has 72 valence electrons. The van der Waals surface area contributed by atoms with Crippen LogP contribution >= 0.6 is 0 Å². The van der Waals surface area contributed by atoms with Crippen molar-refractivity contribution in [1.82, 2.24) is 0 Å². The third kappa shape index (κ3) is 1.77. The molecule has 0 spiro atoms. The number of cyclic esters (lactones) is 2. The first-order valence-corrected chi connectivity index (χ1v) is 3.64. The Morgan fingerprint density at radius 3 is 1.79 bits per heavy atom. The number of carbonyl (C=O) groups excluding carboxylic acids is 2. The van der Waals surface area contributed by atoms with Crippen LogP contribution < -0.4 is 0 Å². The van der Waals surface area contributed by atoms with Crippen molar-refractivity contribution in [2.24, 2.45) is 0 Å². The molecule has 1 aliphatic rings. The lowest BCUT2D eigenvalue weighted by Crippen LogP contribution is -1.96. The van der Waals surface area contributed by atoms with E-state index in [2.05, 4.69) is 4.74 Å². The molecule has 1 aliphatic heterocycles. The molecule has 5 nitrogen and oxygen atoms in total. The molecule has 0 aromatic heterocycles. The lowest BCUT2D eigenvalue weighted by Gasteiger charge is -1.86. The first-order chi connectivity index (χ1) is 6.70. The van der Waals surface area contributed by atoms with Crippen molar-refractivity contribution in [3.63, 3.8) is 0 Å². The van der Waals surface area contributed by atoms with E-state index in [0.29, 0.717) is 11.1 Å². The second kappa shape index (κ2) is 4.18. The van der Waals surface area contributed by atoms with E-state index in [-0.39, 0.29) is 6.47 Å². The molecule has 0 amide bonds. The molecule has 0 bridgehead atoms. The van der Waals surface area contributed by atoms with Crippen LogP contribution in [0.3, 0.4) is 0 Å². The molecule has 0 atom stereocenters. The van der Waals surface area contributed by atoms with Crippen LogP contribution in [0.1, 0.15) is 20.7 Å². The lowest BCUT2D eigenvalue weighted by atomic mass is 10.1. The predicted molar refractivity (Wildman–Crippen MR) is 44.9 cm³/mol. The van der Waals surface area contributed by atoms with Crippen LogP contribution in [-0.4, -0.2) is 23.5 Å². The zero-order valence-electron chi connectivity index (χ0n) is 6.97. The number of carbonyl (C=O) groups is 3. The van der Waals surface area contributed by atoms with Crippen molar-refractivity contribution >= 4 is 18.4 Å². The number of hydrogen-bond donors (Lipinski definition) is 1. The van der Waals surface area contributed by atoms with Gasteiger partial charge >= 0.3 is 11.9 Å². The minimum Gasteiger partial charge on any atom is -0.483 e. The Labute approximate surface area is 78.9 Å². The highest BCUT2D eigenvalue weighted by atomic mass is 16.6. The van der Waals surface area contributed by atoms with Crippen molar-refractivity contribution in [3.8, 4) is 0 Å². The highest BCUT2D eigenvalue weighted by Crippen LogP contribution is 2.18. The summed E-state index contributed by atoms with van der Waals surface area (Å²) in [4.78, 5) is 30.0. The molecule has 14 heavy (non-hydrogen) atoms. The molecular formula is C9H6O5. The summed E-state index contributed by atoms with van der Waals surface area (Å²) in [6, 6.07) is 6.53. The number of ether oxygens (including phenoxy) is 1. The van der Waals surface area contributed by atoms with Gasteiger partial charge in [-0.05, 0) is 12.1 Å². The van der Waals surface area contributed by atoms with Gasteiger partial charge in [0.2, 0.25) is 0 Å². The van der Waals surface area contributed by atoms with Crippen molar-refractivity contribution in [3.05, 3.63) is 35.4 Å². The normalized spacial score (nSPS) is 12.3. The molecule has 2 rings (SSSR count). The summed E-state index contributed by atoms with van der Waals surface area (Å²) < 4.78 is 4.35. The maximum atomic E-state index is 10.8. The summed E-state index contributed by atoms with van der Waals surface area (Å²) in [5, 5.41) is 6.89. The Bertz CT molecular complexity index is 350. The van der Waals surface area contributed by atoms with Crippen molar-refractivity contribution in [2.45, 2.75) is 0 Å². The van der Waals surface area contributed by atoms with Crippen LogP contribution in [0.5, 0.6) is 0 Å². The van der Waals surface area contributed by atoms with Gasteiger partial charge < -0.3 is 9.84 Å². The third-order valence-corrected chi connectivity index (χ3v) is 1.55. The van der Waals surface area contributed by atoms with Crippen LogP contribution in [0.15, 0.2) is 24.3 Å². The topological polar surface area (TPSA) is 80.7 Å². The average Bonchev–Trinajstić information content (AvgIpc) is 2.45. The van der Waals surface area contributed by atoms with Gasteiger partial charge in [0.05, 0.1) is 11.1 Å². The Hall–Kier alpha value is -2.17. The minimum absolute atomic E-state index is 0.250. The number of benzene rings is 1. The molecular weight excluding hydrogens is 188 g/mol. The van der Waals surface area contributed by atoms with Crippen molar-refractivity contribution < 1.29 is 24.2 Å². The number of hydrogen-bond acceptors (Lipinski definition) is 4. The molecule has 0 unspecified atom stereocenters. The highest BCUT2D eigenvalue weighted by Gasteiger charge is 2.28. The standard InChI is InChI=1S/C8H4O3.CH2O2/c9-7-5-3-1-2-4-6(5)8(10)11-7;2-1-3/h1-4H;1H,(H,2,3). The molecule has 0 aliphatic carbocycles. The van der Waals surface area contributed by atoms with E-state index in [0.717, 1.165) is 0 Å². The minimum atomic E-state index is -0.550. The van der Waals surface area contributed by atoms with Gasteiger partial charge in [-0.3, -0.25) is 4.79 Å². The SMILES string of the molecule is O=C1OC(=O)c2ccccc21.O=CO. The van der Waals surface area contributed by atoms with E-state index >= 15 is 0 Å². The van der Waals surface area contributed by atoms with Crippen LogP contribution in [0.4, 0.5) is 0 Å². The number of rotatable bonds is 0. The Kier molecular flexibility index (Phi) is 2.96. The number of carboxylic acid groups (broad SMARTS) is 1. The van der Waals surface area contributed by atoms with Gasteiger partial charge in [-0.25, -0.2) is 9.59 Å². The molecule has 5 heteroatoms. The molecule has 0 fully saturated rings. The van der Waals surface area contributed by atoms with E-state index in [1.165, 1.54) is 0 Å². The fourth-order valence-electron chi connectivity index (χ4n) is 1.03. The van der Waals surface area contributed by atoms with Crippen LogP contribution in [0, 0.1) is 0 Å². The van der Waals surface area contributed by atoms with Gasteiger partial charge in [-0.15, -0.1) is 0 Å². The van der Waals surface area contributed by atoms with E-state index in [1.54, 1.807) is 24.3 Å². The summed E-state index contributed by atoms with van der Waals surface area (Å²) in [6.07, 6.45) is 0. The first-order valence-electron chi connectivity index (χ1n) is 3.64. The van der Waals surface area contributed by atoms with E-state index < -0.39 is 11.9 Å². The summed E-state index contributed by atoms with van der Waals surface area (Å²) in [7, 11) is 0. The van der Waals surface area contributed by atoms with E-state index in [9.17, 15) is 9.59 Å². The average molecular weight is 194 g/mol. The molecule has 1 aromatic rings. The molecule has 0 saturated carbocycles. The Morgan fingerprint density at radius 1 is 1.07 bits per heavy atom.